The summed E-state index contributed by atoms with van der Waals surface area (Å²) < 4.78 is 7.28. The van der Waals surface area contributed by atoms with E-state index in [1.807, 2.05) is 24.3 Å². The van der Waals surface area contributed by atoms with E-state index >= 15 is 0 Å². The van der Waals surface area contributed by atoms with Crippen molar-refractivity contribution in [3.8, 4) is 11.5 Å². The van der Waals surface area contributed by atoms with Crippen LogP contribution in [0.5, 0.6) is 11.5 Å². The molecule has 212 valence electrons. The van der Waals surface area contributed by atoms with E-state index in [0.717, 1.165) is 59.1 Å². The van der Waals surface area contributed by atoms with E-state index in [1.54, 1.807) is 0 Å². The lowest BCUT2D eigenvalue weighted by molar-refractivity contribution is 0.486. The lowest BCUT2D eigenvalue weighted by atomic mass is 9.87. The summed E-state index contributed by atoms with van der Waals surface area (Å²) in [7, 11) is 0. The third kappa shape index (κ3) is 4.66. The summed E-state index contributed by atoms with van der Waals surface area (Å²) in [6, 6.07) is 26.3. The molecule has 0 aromatic heterocycles. The monoisotopic (exact) mass is 558 g/mol. The highest BCUT2D eigenvalue weighted by molar-refractivity contribution is 6.11. The Morgan fingerprint density at radius 2 is 0.767 bits per heavy atom. The Bertz CT molecular complexity index is 1940. The first-order valence-electron chi connectivity index (χ1n) is 15.1. The van der Waals surface area contributed by atoms with Gasteiger partial charge in [-0.1, -0.05) is 97.1 Å². The Morgan fingerprint density at radius 1 is 0.442 bits per heavy atom. The first-order chi connectivity index (χ1) is 21.0. The Hall–Kier alpha value is -4.88. The quantitative estimate of drug-likeness (QED) is 0.120. The van der Waals surface area contributed by atoms with Crippen LogP contribution in [0.15, 0.2) is 123 Å². The van der Waals surface area contributed by atoms with Gasteiger partial charge in [-0.2, -0.15) is 0 Å². The van der Waals surface area contributed by atoms with Crippen LogP contribution in [0, 0.1) is 13.8 Å². The highest BCUT2D eigenvalue weighted by atomic mass is 16.5. The van der Waals surface area contributed by atoms with Crippen molar-refractivity contribution >= 4 is 43.1 Å². The standard InChI is InChI=1S/C42H38O/c1-7-15-29-31-19-11-13-21-33(31)35(17-9-3)39-37(29)25-23-27(5)41(39)43-42-28(6)24-26-38-30(16-8-2)32-20-12-14-22-34(32)36(18-10-4)40(38)42/h7-14,19-26H,1-4,15-18H2,5-6H3. The van der Waals surface area contributed by atoms with Crippen LogP contribution in [-0.4, -0.2) is 0 Å². The number of hydrogen-bond donors (Lipinski definition) is 0. The van der Waals surface area contributed by atoms with Crippen molar-refractivity contribution in [3.63, 3.8) is 0 Å². The average molecular weight is 559 g/mol. The van der Waals surface area contributed by atoms with Gasteiger partial charge >= 0.3 is 0 Å². The average Bonchev–Trinajstić information content (AvgIpc) is 3.02. The lowest BCUT2D eigenvalue weighted by Gasteiger charge is -2.23. The number of aryl methyl sites for hydroxylation is 2. The lowest BCUT2D eigenvalue weighted by Crippen LogP contribution is -2.01. The second kappa shape index (κ2) is 11.8. The fraction of sp³-hybridized carbons (Fsp3) is 0.143. The zero-order valence-corrected chi connectivity index (χ0v) is 25.3. The summed E-state index contributed by atoms with van der Waals surface area (Å²) >= 11 is 0. The molecule has 0 atom stereocenters. The maximum absolute atomic E-state index is 7.28. The van der Waals surface area contributed by atoms with Crippen molar-refractivity contribution in [3.05, 3.63) is 157 Å². The minimum atomic E-state index is 0.746. The maximum atomic E-state index is 7.28. The molecule has 0 saturated heterocycles. The van der Waals surface area contributed by atoms with Crippen LogP contribution in [-0.2, 0) is 25.7 Å². The molecule has 6 aromatic rings. The first kappa shape index (κ1) is 28.2. The van der Waals surface area contributed by atoms with Gasteiger partial charge in [0, 0.05) is 10.8 Å². The molecule has 6 aromatic carbocycles. The largest absolute Gasteiger partial charge is 0.455 e. The third-order valence-electron chi connectivity index (χ3n) is 8.72. The van der Waals surface area contributed by atoms with Crippen molar-refractivity contribution in [2.24, 2.45) is 0 Å². The second-order valence-electron chi connectivity index (χ2n) is 11.3. The molecule has 0 N–H and O–H groups in total. The van der Waals surface area contributed by atoms with E-state index in [1.165, 1.54) is 54.6 Å². The van der Waals surface area contributed by atoms with Crippen molar-refractivity contribution in [2.45, 2.75) is 39.5 Å². The molecule has 0 aliphatic rings. The molecular formula is C42H38O. The zero-order chi connectivity index (χ0) is 30.1. The molecular weight excluding hydrogens is 520 g/mol. The fourth-order valence-electron chi connectivity index (χ4n) is 6.86. The van der Waals surface area contributed by atoms with Crippen LogP contribution >= 0.6 is 0 Å². The number of fused-ring (bicyclic) bond motifs is 4. The Balaban J connectivity index is 1.76. The van der Waals surface area contributed by atoms with Crippen molar-refractivity contribution in [1.29, 1.82) is 0 Å². The van der Waals surface area contributed by atoms with Crippen molar-refractivity contribution < 1.29 is 4.74 Å². The molecule has 0 heterocycles. The SMILES string of the molecule is C=CCc1c2ccccc2c(CC=C)c2c(Oc3c(C)ccc4c(CC=C)c5ccccc5c(CC=C)c34)c(C)ccc12. The predicted molar refractivity (Wildman–Crippen MR) is 188 cm³/mol. The molecule has 0 spiro atoms. The number of hydrogen-bond acceptors (Lipinski definition) is 1. The summed E-state index contributed by atoms with van der Waals surface area (Å²) in [5, 5.41) is 9.73. The summed E-state index contributed by atoms with van der Waals surface area (Å²) in [6.45, 7) is 20.8. The summed E-state index contributed by atoms with van der Waals surface area (Å²) in [4.78, 5) is 0. The number of allylic oxidation sites excluding steroid dienone is 4. The number of ether oxygens (including phenoxy) is 1. The smallest absolute Gasteiger partial charge is 0.138 e. The molecule has 6 rings (SSSR count). The minimum absolute atomic E-state index is 0.746. The topological polar surface area (TPSA) is 9.23 Å². The van der Waals surface area contributed by atoms with Crippen molar-refractivity contribution in [2.75, 3.05) is 0 Å². The maximum Gasteiger partial charge on any atom is 0.138 e. The molecule has 43 heavy (non-hydrogen) atoms. The van der Waals surface area contributed by atoms with Gasteiger partial charge < -0.3 is 4.74 Å². The summed E-state index contributed by atoms with van der Waals surface area (Å²) in [5.41, 5.74) is 7.25. The van der Waals surface area contributed by atoms with Crippen molar-refractivity contribution in [1.82, 2.24) is 0 Å². The van der Waals surface area contributed by atoms with Gasteiger partial charge in [0.15, 0.2) is 0 Å². The van der Waals surface area contributed by atoms with Gasteiger partial charge in [0.2, 0.25) is 0 Å². The van der Waals surface area contributed by atoms with E-state index in [2.05, 4.69) is 113 Å². The normalized spacial score (nSPS) is 11.3. The highest BCUT2D eigenvalue weighted by Gasteiger charge is 2.22. The first-order valence-corrected chi connectivity index (χ1v) is 15.1. The molecule has 1 heteroatoms. The third-order valence-corrected chi connectivity index (χ3v) is 8.72. The van der Waals surface area contributed by atoms with Crippen LogP contribution in [0.1, 0.15) is 33.4 Å². The Labute approximate surface area is 255 Å². The Morgan fingerprint density at radius 3 is 1.12 bits per heavy atom. The zero-order valence-electron chi connectivity index (χ0n) is 25.3. The van der Waals surface area contributed by atoms with E-state index < -0.39 is 0 Å². The van der Waals surface area contributed by atoms with Crippen LogP contribution in [0.3, 0.4) is 0 Å². The van der Waals surface area contributed by atoms with E-state index in [4.69, 9.17) is 4.74 Å². The van der Waals surface area contributed by atoms with Gasteiger partial charge in [-0.15, -0.1) is 26.3 Å². The highest BCUT2D eigenvalue weighted by Crippen LogP contribution is 2.46. The molecule has 0 saturated carbocycles. The molecule has 0 fully saturated rings. The van der Waals surface area contributed by atoms with Gasteiger partial charge in [0.05, 0.1) is 0 Å². The molecule has 0 radical (unpaired) electrons. The van der Waals surface area contributed by atoms with Crippen LogP contribution in [0.4, 0.5) is 0 Å². The van der Waals surface area contributed by atoms with E-state index in [-0.39, 0.29) is 0 Å². The van der Waals surface area contributed by atoms with Gasteiger partial charge in [-0.05, 0) is 105 Å². The molecule has 0 amide bonds. The van der Waals surface area contributed by atoms with Crippen LogP contribution in [0.2, 0.25) is 0 Å². The van der Waals surface area contributed by atoms with Crippen LogP contribution in [0.25, 0.3) is 43.1 Å². The number of benzene rings is 6. The fourth-order valence-corrected chi connectivity index (χ4v) is 6.86. The number of rotatable bonds is 10. The minimum Gasteiger partial charge on any atom is -0.455 e. The van der Waals surface area contributed by atoms with E-state index in [0.29, 0.717) is 0 Å². The summed E-state index contributed by atoms with van der Waals surface area (Å²) in [5.74, 6) is 1.81. The molecule has 0 aliphatic carbocycles. The molecule has 0 bridgehead atoms. The second-order valence-corrected chi connectivity index (χ2v) is 11.3. The molecule has 0 aliphatic heterocycles. The van der Waals surface area contributed by atoms with Gasteiger partial charge in [0.1, 0.15) is 11.5 Å². The molecule has 0 unspecified atom stereocenters. The van der Waals surface area contributed by atoms with Gasteiger partial charge in [0.25, 0.3) is 0 Å². The predicted octanol–water partition coefficient (Wildman–Crippen LogP) is 11.6. The van der Waals surface area contributed by atoms with Gasteiger partial charge in [-0.25, -0.2) is 0 Å². The molecule has 1 nitrogen and oxygen atoms in total. The van der Waals surface area contributed by atoms with Crippen LogP contribution < -0.4 is 4.74 Å². The summed E-state index contributed by atoms with van der Waals surface area (Å²) in [6.07, 6.45) is 11.0. The van der Waals surface area contributed by atoms with Gasteiger partial charge in [-0.3, -0.25) is 0 Å². The van der Waals surface area contributed by atoms with E-state index in [9.17, 15) is 0 Å². The Kier molecular flexibility index (Phi) is 7.74.